The second-order valence-electron chi connectivity index (χ2n) is 4.28. The molecule has 0 amide bonds. The maximum atomic E-state index is 12.1. The van der Waals surface area contributed by atoms with Crippen LogP contribution in [0.2, 0.25) is 0 Å². The Labute approximate surface area is 123 Å². The molecule has 0 saturated heterocycles. The van der Waals surface area contributed by atoms with Crippen LogP contribution in [-0.2, 0) is 19.1 Å². The van der Waals surface area contributed by atoms with Crippen molar-refractivity contribution in [3.8, 4) is 0 Å². The topological polar surface area (TPSA) is 52.6 Å². The fourth-order valence-electron chi connectivity index (χ4n) is 1.29. The van der Waals surface area contributed by atoms with Crippen molar-refractivity contribution in [3.63, 3.8) is 0 Å². The van der Waals surface area contributed by atoms with Gasteiger partial charge in [0.25, 0.3) is 0 Å². The molecule has 0 spiro atoms. The molecule has 0 aromatic carbocycles. The highest BCUT2D eigenvalue weighted by atomic mass is 79.9. The second kappa shape index (κ2) is 6.02. The zero-order chi connectivity index (χ0) is 14.0. The first kappa shape index (κ1) is 15.4. The van der Waals surface area contributed by atoms with E-state index >= 15 is 0 Å². The first-order valence-corrected chi connectivity index (χ1v) is 7.06. The van der Waals surface area contributed by atoms with Gasteiger partial charge >= 0.3 is 0 Å². The zero-order valence-corrected chi connectivity index (χ0v) is 13.7. The number of hydrogen-bond acceptors (Lipinski definition) is 4. The molecular weight excluding hydrogens is 368 g/mol. The second-order valence-corrected chi connectivity index (χ2v) is 5.86. The molecule has 0 aromatic heterocycles. The Hall–Kier alpha value is -0.620. The summed E-state index contributed by atoms with van der Waals surface area (Å²) in [5, 5.41) is 0. The van der Waals surface area contributed by atoms with Crippen LogP contribution in [0.1, 0.15) is 27.7 Å². The van der Waals surface area contributed by atoms with E-state index in [1.165, 1.54) is 0 Å². The highest BCUT2D eigenvalue weighted by molar-refractivity contribution is 9.12. The number of rotatable bonds is 4. The van der Waals surface area contributed by atoms with Gasteiger partial charge in [-0.15, -0.1) is 0 Å². The van der Waals surface area contributed by atoms with Crippen molar-refractivity contribution >= 4 is 43.4 Å². The molecule has 0 fully saturated rings. The molecule has 0 saturated carbocycles. The predicted octanol–water partition coefficient (Wildman–Crippen LogP) is 3.20. The average molecular weight is 382 g/mol. The van der Waals surface area contributed by atoms with Crippen molar-refractivity contribution < 1.29 is 19.1 Å². The SMILES string of the molecule is CC(C)OC1=C(Br)C(=O)C(OC(C)C)=C(Br)C1=O. The summed E-state index contributed by atoms with van der Waals surface area (Å²) >= 11 is 6.19. The van der Waals surface area contributed by atoms with E-state index in [0.29, 0.717) is 0 Å². The van der Waals surface area contributed by atoms with Crippen LogP contribution in [0.3, 0.4) is 0 Å². The lowest BCUT2D eigenvalue weighted by Crippen LogP contribution is -2.25. The van der Waals surface area contributed by atoms with E-state index in [9.17, 15) is 9.59 Å². The number of Topliss-reactive ketones (excluding diaryl/α,β-unsaturated/α-hetero) is 2. The normalized spacial score (nSPS) is 17.1. The van der Waals surface area contributed by atoms with Crippen LogP contribution in [0.25, 0.3) is 0 Å². The van der Waals surface area contributed by atoms with Crippen molar-refractivity contribution in [2.24, 2.45) is 0 Å². The van der Waals surface area contributed by atoms with Crippen molar-refractivity contribution in [1.29, 1.82) is 0 Å². The van der Waals surface area contributed by atoms with Crippen LogP contribution >= 0.6 is 31.9 Å². The van der Waals surface area contributed by atoms with E-state index in [-0.39, 0.29) is 32.7 Å². The number of allylic oxidation sites excluding steroid dienone is 2. The van der Waals surface area contributed by atoms with Crippen LogP contribution in [0.15, 0.2) is 20.5 Å². The van der Waals surface area contributed by atoms with Crippen LogP contribution in [0.4, 0.5) is 0 Å². The molecule has 4 nitrogen and oxygen atoms in total. The third-order valence-electron chi connectivity index (χ3n) is 1.92. The van der Waals surface area contributed by atoms with Crippen molar-refractivity contribution in [2.45, 2.75) is 39.9 Å². The Bertz CT molecular complexity index is 405. The fraction of sp³-hybridized carbons (Fsp3) is 0.500. The summed E-state index contributed by atoms with van der Waals surface area (Å²) in [6.07, 6.45) is -0.394. The van der Waals surface area contributed by atoms with Crippen molar-refractivity contribution in [2.75, 3.05) is 0 Å². The summed E-state index contributed by atoms with van der Waals surface area (Å²) in [4.78, 5) is 24.1. The predicted molar refractivity (Wildman–Crippen MR) is 74.4 cm³/mol. The Balaban J connectivity index is 3.15. The number of carbonyl (C=O) groups excluding carboxylic acids is 2. The molecule has 0 atom stereocenters. The molecular formula is C12H14Br2O4. The molecule has 1 aliphatic carbocycles. The quantitative estimate of drug-likeness (QED) is 0.701. The molecule has 0 bridgehead atoms. The first-order valence-electron chi connectivity index (χ1n) is 5.48. The minimum Gasteiger partial charge on any atom is -0.486 e. The standard InChI is InChI=1S/C12H14Br2O4/c1-5(2)17-11-7(13)10(16)12(18-6(3)4)8(14)9(11)15/h5-6H,1-4H3. The summed E-state index contributed by atoms with van der Waals surface area (Å²) in [7, 11) is 0. The van der Waals surface area contributed by atoms with Gasteiger partial charge in [0.2, 0.25) is 11.6 Å². The number of halogens is 2. The molecule has 0 heterocycles. The molecule has 0 N–H and O–H groups in total. The fourth-order valence-corrected chi connectivity index (χ4v) is 2.19. The zero-order valence-electron chi connectivity index (χ0n) is 10.5. The smallest absolute Gasteiger partial charge is 0.239 e. The summed E-state index contributed by atoms with van der Waals surface area (Å²) in [5.41, 5.74) is 0. The van der Waals surface area contributed by atoms with Gasteiger partial charge in [-0.3, -0.25) is 9.59 Å². The van der Waals surface area contributed by atoms with Crippen LogP contribution in [0, 0.1) is 0 Å². The molecule has 0 unspecified atom stereocenters. The lowest BCUT2D eigenvalue weighted by molar-refractivity contribution is -0.121. The number of ketones is 2. The number of hydrogen-bond donors (Lipinski definition) is 0. The summed E-state index contributed by atoms with van der Waals surface area (Å²) in [6, 6.07) is 0. The average Bonchev–Trinajstić information content (AvgIpc) is 2.27. The van der Waals surface area contributed by atoms with Gasteiger partial charge in [-0.1, -0.05) is 0 Å². The molecule has 18 heavy (non-hydrogen) atoms. The van der Waals surface area contributed by atoms with E-state index in [1.54, 1.807) is 27.7 Å². The minimum absolute atomic E-state index is 0.0120. The third-order valence-corrected chi connectivity index (χ3v) is 3.36. The highest BCUT2D eigenvalue weighted by Gasteiger charge is 2.36. The lowest BCUT2D eigenvalue weighted by atomic mass is 10.1. The molecule has 0 radical (unpaired) electrons. The van der Waals surface area contributed by atoms with Gasteiger partial charge in [0.1, 0.15) is 8.96 Å². The van der Waals surface area contributed by atoms with Gasteiger partial charge in [-0.25, -0.2) is 0 Å². The van der Waals surface area contributed by atoms with Gasteiger partial charge < -0.3 is 9.47 Å². The molecule has 0 aromatic rings. The van der Waals surface area contributed by atoms with E-state index in [4.69, 9.17) is 9.47 Å². The third kappa shape index (κ3) is 3.23. The highest BCUT2D eigenvalue weighted by Crippen LogP contribution is 2.33. The summed E-state index contributed by atoms with van der Waals surface area (Å²) < 4.78 is 10.9. The van der Waals surface area contributed by atoms with Gasteiger partial charge in [-0.2, -0.15) is 0 Å². The maximum absolute atomic E-state index is 12.1. The Morgan fingerprint density at radius 1 is 0.778 bits per heavy atom. The molecule has 0 aliphatic heterocycles. The molecule has 6 heteroatoms. The monoisotopic (exact) mass is 380 g/mol. The Kier molecular flexibility index (Phi) is 5.16. The molecule has 1 aliphatic rings. The van der Waals surface area contributed by atoms with Gasteiger partial charge in [-0.05, 0) is 59.6 Å². The maximum Gasteiger partial charge on any atom is 0.239 e. The molecule has 1 rings (SSSR count). The van der Waals surface area contributed by atoms with Crippen molar-refractivity contribution in [1.82, 2.24) is 0 Å². The minimum atomic E-state index is -0.397. The van der Waals surface area contributed by atoms with E-state index in [1.807, 2.05) is 0 Å². The van der Waals surface area contributed by atoms with Gasteiger partial charge in [0.05, 0.1) is 12.2 Å². The van der Waals surface area contributed by atoms with E-state index < -0.39 is 11.6 Å². The lowest BCUT2D eigenvalue weighted by Gasteiger charge is -2.21. The Morgan fingerprint density at radius 3 is 1.28 bits per heavy atom. The summed E-state index contributed by atoms with van der Waals surface area (Å²) in [6.45, 7) is 7.12. The van der Waals surface area contributed by atoms with Gasteiger partial charge in [0.15, 0.2) is 11.5 Å². The first-order chi connectivity index (χ1) is 8.25. The summed E-state index contributed by atoms with van der Waals surface area (Å²) in [5.74, 6) is -0.771. The van der Waals surface area contributed by atoms with Crippen LogP contribution < -0.4 is 0 Å². The van der Waals surface area contributed by atoms with Crippen LogP contribution in [-0.4, -0.2) is 23.8 Å². The molecule has 100 valence electrons. The van der Waals surface area contributed by atoms with Crippen LogP contribution in [0.5, 0.6) is 0 Å². The Morgan fingerprint density at radius 2 is 1.06 bits per heavy atom. The number of ether oxygens (including phenoxy) is 2. The van der Waals surface area contributed by atoms with Crippen molar-refractivity contribution in [3.05, 3.63) is 20.5 Å². The largest absolute Gasteiger partial charge is 0.486 e. The van der Waals surface area contributed by atoms with E-state index in [0.717, 1.165) is 0 Å². The van der Waals surface area contributed by atoms with Gasteiger partial charge in [0, 0.05) is 0 Å². The van der Waals surface area contributed by atoms with E-state index in [2.05, 4.69) is 31.9 Å². The number of carbonyl (C=O) groups is 2.